The molecule has 1 aliphatic rings. The van der Waals surface area contributed by atoms with Gasteiger partial charge in [-0.05, 0) is 42.2 Å². The number of hydrogen-bond acceptors (Lipinski definition) is 7. The summed E-state index contributed by atoms with van der Waals surface area (Å²) in [4.78, 5) is 31.2. The van der Waals surface area contributed by atoms with Crippen molar-refractivity contribution in [3.05, 3.63) is 91.8 Å². The van der Waals surface area contributed by atoms with Gasteiger partial charge < -0.3 is 4.74 Å². The number of esters is 1. The maximum atomic E-state index is 12.7. The lowest BCUT2D eigenvalue weighted by Gasteiger charge is -2.27. The standard InChI is InChI=1S/C24H23N3O4S/c1-2-31-24(28)22-20-12-13-26(15-18-6-4-3-5-7-18)16-21(20)32-23(22)25-14-17-8-10-19(11-9-17)27(29)30/h3-11,14H,2,12-13,15-16H2,1H3. The summed E-state index contributed by atoms with van der Waals surface area (Å²) in [6.45, 7) is 4.56. The van der Waals surface area contributed by atoms with Crippen molar-refractivity contribution in [1.82, 2.24) is 4.90 Å². The normalized spacial score (nSPS) is 13.8. The molecule has 0 aliphatic carbocycles. The summed E-state index contributed by atoms with van der Waals surface area (Å²) in [5.74, 6) is -0.350. The number of fused-ring (bicyclic) bond motifs is 1. The van der Waals surface area contributed by atoms with Gasteiger partial charge in [-0.3, -0.25) is 15.0 Å². The van der Waals surface area contributed by atoms with Crippen molar-refractivity contribution in [2.45, 2.75) is 26.4 Å². The van der Waals surface area contributed by atoms with Gasteiger partial charge in [0.1, 0.15) is 5.00 Å². The van der Waals surface area contributed by atoms with Gasteiger partial charge in [-0.25, -0.2) is 9.79 Å². The van der Waals surface area contributed by atoms with Crippen LogP contribution in [0.15, 0.2) is 59.6 Å². The van der Waals surface area contributed by atoms with Gasteiger partial charge >= 0.3 is 5.97 Å². The number of ether oxygens (including phenoxy) is 1. The maximum Gasteiger partial charge on any atom is 0.341 e. The van der Waals surface area contributed by atoms with Gasteiger partial charge in [0.2, 0.25) is 0 Å². The predicted molar refractivity (Wildman–Crippen MR) is 125 cm³/mol. The molecule has 32 heavy (non-hydrogen) atoms. The molecule has 0 N–H and O–H groups in total. The first kappa shape index (κ1) is 21.9. The number of nitro groups is 1. The fourth-order valence-electron chi connectivity index (χ4n) is 3.74. The second-order valence-electron chi connectivity index (χ2n) is 7.46. The largest absolute Gasteiger partial charge is 0.462 e. The molecule has 0 amide bonds. The van der Waals surface area contributed by atoms with Gasteiger partial charge in [0.05, 0.1) is 17.1 Å². The van der Waals surface area contributed by atoms with Crippen LogP contribution in [0.2, 0.25) is 0 Å². The highest BCUT2D eigenvalue weighted by molar-refractivity contribution is 7.16. The number of rotatable bonds is 7. The molecule has 164 valence electrons. The molecule has 0 saturated heterocycles. The van der Waals surface area contributed by atoms with Gasteiger partial charge in [0, 0.05) is 42.9 Å². The summed E-state index contributed by atoms with van der Waals surface area (Å²) in [6, 6.07) is 16.5. The molecule has 7 nitrogen and oxygen atoms in total. The average molecular weight is 450 g/mol. The minimum absolute atomic E-state index is 0.0273. The lowest BCUT2D eigenvalue weighted by molar-refractivity contribution is -0.384. The molecule has 0 unspecified atom stereocenters. The van der Waals surface area contributed by atoms with Crippen molar-refractivity contribution < 1.29 is 14.5 Å². The maximum absolute atomic E-state index is 12.7. The fraction of sp³-hybridized carbons (Fsp3) is 0.250. The number of hydrogen-bond donors (Lipinski definition) is 0. The van der Waals surface area contributed by atoms with Crippen LogP contribution in [0.3, 0.4) is 0 Å². The zero-order valence-electron chi connectivity index (χ0n) is 17.7. The third-order valence-electron chi connectivity index (χ3n) is 5.28. The number of thiophene rings is 1. The second-order valence-corrected chi connectivity index (χ2v) is 8.54. The third-order valence-corrected chi connectivity index (χ3v) is 6.41. The van der Waals surface area contributed by atoms with Gasteiger partial charge in [-0.2, -0.15) is 0 Å². The molecule has 0 spiro atoms. The smallest absolute Gasteiger partial charge is 0.341 e. The quantitative estimate of drug-likeness (QED) is 0.216. The van der Waals surface area contributed by atoms with Crippen LogP contribution < -0.4 is 0 Å². The van der Waals surface area contributed by atoms with Crippen molar-refractivity contribution >= 4 is 34.2 Å². The van der Waals surface area contributed by atoms with Crippen LogP contribution in [0.25, 0.3) is 0 Å². The lowest BCUT2D eigenvalue weighted by atomic mass is 10.0. The number of nitrogens with zero attached hydrogens (tertiary/aromatic N) is 3. The fourth-order valence-corrected chi connectivity index (χ4v) is 4.96. The minimum Gasteiger partial charge on any atom is -0.462 e. The van der Waals surface area contributed by atoms with E-state index in [-0.39, 0.29) is 11.7 Å². The van der Waals surface area contributed by atoms with E-state index in [9.17, 15) is 14.9 Å². The van der Waals surface area contributed by atoms with E-state index in [0.717, 1.165) is 42.1 Å². The summed E-state index contributed by atoms with van der Waals surface area (Å²) in [7, 11) is 0. The molecule has 1 aliphatic heterocycles. The van der Waals surface area contributed by atoms with E-state index in [1.165, 1.54) is 29.0 Å². The molecule has 0 fully saturated rings. The average Bonchev–Trinajstić information content (AvgIpc) is 3.16. The predicted octanol–water partition coefficient (Wildman–Crippen LogP) is 5.14. The van der Waals surface area contributed by atoms with Crippen LogP contribution in [0.4, 0.5) is 10.7 Å². The summed E-state index contributed by atoms with van der Waals surface area (Å²) in [6.07, 6.45) is 2.39. The van der Waals surface area contributed by atoms with Crippen molar-refractivity contribution in [3.63, 3.8) is 0 Å². The van der Waals surface area contributed by atoms with Gasteiger partial charge in [-0.1, -0.05) is 30.3 Å². The van der Waals surface area contributed by atoms with Crippen LogP contribution >= 0.6 is 11.3 Å². The molecular weight excluding hydrogens is 426 g/mol. The Bertz CT molecular complexity index is 1140. The highest BCUT2D eigenvalue weighted by Crippen LogP contribution is 2.39. The number of non-ortho nitro benzene ring substituents is 1. The molecule has 4 rings (SSSR count). The summed E-state index contributed by atoms with van der Waals surface area (Å²) in [5.41, 5.74) is 3.58. The van der Waals surface area contributed by atoms with Crippen LogP contribution in [0, 0.1) is 10.1 Å². The first-order valence-electron chi connectivity index (χ1n) is 10.4. The van der Waals surface area contributed by atoms with Crippen molar-refractivity contribution in [2.24, 2.45) is 4.99 Å². The van der Waals surface area contributed by atoms with Crippen LogP contribution in [0.1, 0.15) is 38.8 Å². The SMILES string of the molecule is CCOC(=O)c1c(N=Cc2ccc([N+](=O)[O-])cc2)sc2c1CCN(Cc1ccccc1)C2. The molecule has 8 heteroatoms. The van der Waals surface area contributed by atoms with E-state index >= 15 is 0 Å². The molecule has 3 aromatic rings. The Hall–Kier alpha value is -3.36. The van der Waals surface area contributed by atoms with Gasteiger partial charge in [0.25, 0.3) is 5.69 Å². The number of aliphatic imine (C=N–C) groups is 1. The van der Waals surface area contributed by atoms with Crippen molar-refractivity contribution in [3.8, 4) is 0 Å². The van der Waals surface area contributed by atoms with E-state index in [4.69, 9.17) is 4.74 Å². The summed E-state index contributed by atoms with van der Waals surface area (Å²) in [5, 5.41) is 11.5. The lowest BCUT2D eigenvalue weighted by Crippen LogP contribution is -2.29. The minimum atomic E-state index is -0.436. The molecule has 0 radical (unpaired) electrons. The Labute approximate surface area is 190 Å². The zero-order chi connectivity index (χ0) is 22.5. The molecule has 2 aromatic carbocycles. The molecule has 0 bridgehead atoms. The number of nitro benzene ring substituents is 1. The van der Waals surface area contributed by atoms with E-state index in [1.807, 2.05) is 18.2 Å². The second kappa shape index (κ2) is 9.84. The van der Waals surface area contributed by atoms with Crippen LogP contribution in [-0.4, -0.2) is 35.2 Å². The van der Waals surface area contributed by atoms with Crippen molar-refractivity contribution in [2.75, 3.05) is 13.2 Å². The molecule has 0 atom stereocenters. The number of benzene rings is 2. The van der Waals surface area contributed by atoms with E-state index in [2.05, 4.69) is 22.0 Å². The highest BCUT2D eigenvalue weighted by Gasteiger charge is 2.28. The first-order valence-corrected chi connectivity index (χ1v) is 11.2. The number of carbonyl (C=O) groups excluding carboxylic acids is 1. The van der Waals surface area contributed by atoms with Crippen LogP contribution in [-0.2, 0) is 24.2 Å². The van der Waals surface area contributed by atoms with Crippen LogP contribution in [0.5, 0.6) is 0 Å². The molecule has 2 heterocycles. The van der Waals surface area contributed by atoms with Crippen molar-refractivity contribution in [1.29, 1.82) is 0 Å². The molecular formula is C24H23N3O4S. The Morgan fingerprint density at radius 3 is 2.66 bits per heavy atom. The Morgan fingerprint density at radius 2 is 1.97 bits per heavy atom. The third kappa shape index (κ3) is 4.92. The number of carbonyl (C=O) groups is 1. The van der Waals surface area contributed by atoms with E-state index in [0.29, 0.717) is 17.2 Å². The van der Waals surface area contributed by atoms with Gasteiger partial charge in [0.15, 0.2) is 0 Å². The summed E-state index contributed by atoms with van der Waals surface area (Å²) < 4.78 is 5.31. The molecule has 1 aromatic heterocycles. The highest BCUT2D eigenvalue weighted by atomic mass is 32.1. The summed E-state index contributed by atoms with van der Waals surface area (Å²) >= 11 is 1.51. The van der Waals surface area contributed by atoms with E-state index in [1.54, 1.807) is 25.3 Å². The van der Waals surface area contributed by atoms with Gasteiger partial charge in [-0.15, -0.1) is 11.3 Å². The monoisotopic (exact) mass is 449 g/mol. The zero-order valence-corrected chi connectivity index (χ0v) is 18.5. The topological polar surface area (TPSA) is 85.0 Å². The van der Waals surface area contributed by atoms with E-state index < -0.39 is 4.92 Å². The Balaban J connectivity index is 1.59. The Kier molecular flexibility index (Phi) is 6.72. The Morgan fingerprint density at radius 1 is 1.22 bits per heavy atom. The molecule has 0 saturated carbocycles. The first-order chi connectivity index (χ1) is 15.5.